The first kappa shape index (κ1) is 18.3. The zero-order chi connectivity index (χ0) is 20.2. The quantitative estimate of drug-likeness (QED) is 0.369. The van der Waals surface area contributed by atoms with Gasteiger partial charge in [-0.25, -0.2) is 4.79 Å². The Balaban J connectivity index is 1.56. The summed E-state index contributed by atoms with van der Waals surface area (Å²) in [4.78, 5) is 16.7. The minimum atomic E-state index is -1.26. The van der Waals surface area contributed by atoms with Gasteiger partial charge in [0.15, 0.2) is 0 Å². The minimum absolute atomic E-state index is 0.328. The first-order valence-corrected chi connectivity index (χ1v) is 9.40. The van der Waals surface area contributed by atoms with Crippen molar-refractivity contribution >= 4 is 23.4 Å². The fourth-order valence-electron chi connectivity index (χ4n) is 2.71. The average Bonchev–Trinajstić information content (AvgIpc) is 3.42. The maximum atomic E-state index is 11.0. The second-order valence-electron chi connectivity index (χ2n) is 6.04. The van der Waals surface area contributed by atoms with E-state index in [0.29, 0.717) is 16.6 Å². The normalized spacial score (nSPS) is 11.2. The minimum Gasteiger partial charge on any atom is -0.477 e. The van der Waals surface area contributed by atoms with Crippen molar-refractivity contribution in [2.24, 2.45) is 0 Å². The number of carbonyl (C=O) groups is 1. The molecule has 140 valence electrons. The Bertz CT molecular complexity index is 1230. The number of nitrogens with zero attached hydrogens (tertiary/aromatic N) is 3. The topological polar surface area (TPSA) is 100 Å². The molecule has 2 heterocycles. The summed E-state index contributed by atoms with van der Waals surface area (Å²) in [6, 6.07) is 23.0. The molecule has 2 aromatic heterocycles. The van der Waals surface area contributed by atoms with Crippen LogP contribution in [0.5, 0.6) is 0 Å². The molecule has 0 atom stereocenters. The molecule has 0 fully saturated rings. The number of aromatic nitrogens is 2. The predicted molar refractivity (Wildman–Crippen MR) is 110 cm³/mol. The lowest BCUT2D eigenvalue weighted by atomic mass is 10.0. The van der Waals surface area contributed by atoms with E-state index in [9.17, 15) is 4.79 Å². The van der Waals surface area contributed by atoms with Crippen molar-refractivity contribution in [3.05, 3.63) is 77.2 Å². The van der Waals surface area contributed by atoms with Crippen LogP contribution in [-0.4, -0.2) is 21.2 Å². The number of carboxylic acids is 1. The van der Waals surface area contributed by atoms with E-state index in [0.717, 1.165) is 21.6 Å². The molecule has 0 saturated carbocycles. The third kappa shape index (κ3) is 3.98. The van der Waals surface area contributed by atoms with E-state index in [1.54, 1.807) is 18.2 Å². The number of rotatable bonds is 5. The molecule has 0 aliphatic heterocycles. The summed E-state index contributed by atoms with van der Waals surface area (Å²) in [7, 11) is 0. The van der Waals surface area contributed by atoms with Crippen LogP contribution in [0, 0.1) is 11.3 Å². The van der Waals surface area contributed by atoms with Crippen LogP contribution in [0.3, 0.4) is 0 Å². The number of benzene rings is 2. The van der Waals surface area contributed by atoms with Crippen LogP contribution in [0.25, 0.3) is 39.4 Å². The number of hydrogen-bond acceptors (Lipinski definition) is 6. The summed E-state index contributed by atoms with van der Waals surface area (Å²) >= 11 is 1.28. The summed E-state index contributed by atoms with van der Waals surface area (Å²) in [6.45, 7) is 0. The van der Waals surface area contributed by atoms with Gasteiger partial charge in [-0.1, -0.05) is 47.6 Å². The zero-order valence-corrected chi connectivity index (χ0v) is 15.8. The van der Waals surface area contributed by atoms with Gasteiger partial charge in [0.25, 0.3) is 5.89 Å². The first-order valence-electron chi connectivity index (χ1n) is 8.59. The van der Waals surface area contributed by atoms with Gasteiger partial charge in [0, 0.05) is 10.4 Å². The highest BCUT2D eigenvalue weighted by atomic mass is 32.1. The van der Waals surface area contributed by atoms with Gasteiger partial charge >= 0.3 is 5.97 Å². The highest BCUT2D eigenvalue weighted by Crippen LogP contribution is 2.30. The third-order valence-corrected chi connectivity index (χ3v) is 5.18. The summed E-state index contributed by atoms with van der Waals surface area (Å²) in [5.41, 5.74) is 2.70. The van der Waals surface area contributed by atoms with Gasteiger partial charge in [0.2, 0.25) is 5.82 Å². The van der Waals surface area contributed by atoms with Crippen molar-refractivity contribution in [2.45, 2.75) is 0 Å². The molecular weight excluding hydrogens is 386 g/mol. The largest absolute Gasteiger partial charge is 0.477 e. The number of thiophene rings is 1. The van der Waals surface area contributed by atoms with Crippen LogP contribution >= 0.6 is 11.3 Å². The van der Waals surface area contributed by atoms with Gasteiger partial charge in [-0.15, -0.1) is 11.3 Å². The van der Waals surface area contributed by atoms with E-state index in [-0.39, 0.29) is 5.57 Å². The molecule has 4 aromatic rings. The van der Waals surface area contributed by atoms with Gasteiger partial charge in [-0.05, 0) is 41.5 Å². The summed E-state index contributed by atoms with van der Waals surface area (Å²) in [5, 5.41) is 21.8. The number of hydrogen-bond donors (Lipinski definition) is 1. The number of aliphatic carboxylic acids is 1. The molecule has 0 bridgehead atoms. The van der Waals surface area contributed by atoms with Crippen LogP contribution in [0.1, 0.15) is 4.88 Å². The van der Waals surface area contributed by atoms with E-state index in [2.05, 4.69) is 10.1 Å². The Morgan fingerprint density at radius 2 is 1.69 bits per heavy atom. The standard InChI is InChI=1S/C22H13N3O3S/c23-13-17(22(26)27)12-18-10-11-19(29-18)20-24-21(28-25-20)16-8-6-15(7-9-16)14-4-2-1-3-5-14/h1-12H,(H,26,27)/b17-12-. The fourth-order valence-corrected chi connectivity index (χ4v) is 3.59. The zero-order valence-electron chi connectivity index (χ0n) is 14.9. The van der Waals surface area contributed by atoms with Gasteiger partial charge < -0.3 is 9.63 Å². The summed E-state index contributed by atoms with van der Waals surface area (Å²) in [6.07, 6.45) is 1.32. The Hall–Kier alpha value is -4.02. The second-order valence-corrected chi connectivity index (χ2v) is 7.16. The lowest BCUT2D eigenvalue weighted by Gasteiger charge is -2.01. The molecule has 0 unspecified atom stereocenters. The fraction of sp³-hybridized carbons (Fsp3) is 0. The average molecular weight is 399 g/mol. The van der Waals surface area contributed by atoms with Crippen molar-refractivity contribution < 1.29 is 14.4 Å². The van der Waals surface area contributed by atoms with E-state index in [4.69, 9.17) is 14.9 Å². The van der Waals surface area contributed by atoms with Crippen molar-refractivity contribution in [2.75, 3.05) is 0 Å². The maximum Gasteiger partial charge on any atom is 0.346 e. The molecule has 1 N–H and O–H groups in total. The predicted octanol–water partition coefficient (Wildman–Crippen LogP) is 5.12. The Morgan fingerprint density at radius 3 is 2.38 bits per heavy atom. The molecule has 0 saturated heterocycles. The number of nitriles is 1. The molecule has 0 aliphatic rings. The first-order chi connectivity index (χ1) is 14.1. The molecule has 2 aromatic carbocycles. The van der Waals surface area contributed by atoms with Gasteiger partial charge in [-0.2, -0.15) is 10.2 Å². The number of carboxylic acid groups (broad SMARTS) is 1. The monoisotopic (exact) mass is 399 g/mol. The molecule has 29 heavy (non-hydrogen) atoms. The van der Waals surface area contributed by atoms with Crippen LogP contribution in [0.2, 0.25) is 0 Å². The second kappa shape index (κ2) is 7.92. The molecule has 0 spiro atoms. The van der Waals surface area contributed by atoms with Crippen molar-refractivity contribution in [3.63, 3.8) is 0 Å². The summed E-state index contributed by atoms with van der Waals surface area (Å²) in [5.74, 6) is -0.456. The lowest BCUT2D eigenvalue weighted by molar-refractivity contribution is -0.132. The van der Waals surface area contributed by atoms with Crippen molar-refractivity contribution in [1.29, 1.82) is 5.26 Å². The van der Waals surface area contributed by atoms with Crippen molar-refractivity contribution in [1.82, 2.24) is 10.1 Å². The SMILES string of the molecule is N#C/C(=C/c1ccc(-c2noc(-c3ccc(-c4ccccc4)cc3)n2)s1)C(=O)O. The van der Waals surface area contributed by atoms with E-state index in [1.807, 2.05) is 54.6 Å². The molecule has 0 radical (unpaired) electrons. The van der Waals surface area contributed by atoms with Crippen LogP contribution in [0.15, 0.2) is 76.8 Å². The van der Waals surface area contributed by atoms with Crippen LogP contribution in [0.4, 0.5) is 0 Å². The van der Waals surface area contributed by atoms with Crippen molar-refractivity contribution in [3.8, 4) is 39.4 Å². The third-order valence-electron chi connectivity index (χ3n) is 4.15. The van der Waals surface area contributed by atoms with E-state index < -0.39 is 5.97 Å². The molecule has 7 heteroatoms. The van der Waals surface area contributed by atoms with Gasteiger partial charge in [-0.3, -0.25) is 0 Å². The summed E-state index contributed by atoms with van der Waals surface area (Å²) < 4.78 is 5.38. The lowest BCUT2D eigenvalue weighted by Crippen LogP contribution is -1.96. The van der Waals surface area contributed by atoms with E-state index >= 15 is 0 Å². The molecule has 6 nitrogen and oxygen atoms in total. The Kier molecular flexibility index (Phi) is 5.01. The maximum absolute atomic E-state index is 11.0. The highest BCUT2D eigenvalue weighted by Gasteiger charge is 2.13. The molecular formula is C22H13N3O3S. The van der Waals surface area contributed by atoms with Crippen LogP contribution in [-0.2, 0) is 4.79 Å². The van der Waals surface area contributed by atoms with Gasteiger partial charge in [0.05, 0.1) is 4.88 Å². The van der Waals surface area contributed by atoms with E-state index in [1.165, 1.54) is 17.4 Å². The Morgan fingerprint density at radius 1 is 1.00 bits per heavy atom. The molecule has 0 aliphatic carbocycles. The molecule has 4 rings (SSSR count). The Labute approximate surface area is 170 Å². The highest BCUT2D eigenvalue weighted by molar-refractivity contribution is 7.16. The van der Waals surface area contributed by atoms with Crippen LogP contribution < -0.4 is 0 Å². The molecule has 0 amide bonds. The van der Waals surface area contributed by atoms with Gasteiger partial charge in [0.1, 0.15) is 11.6 Å². The smallest absolute Gasteiger partial charge is 0.346 e.